The molecule has 0 atom stereocenters. The lowest BCUT2D eigenvalue weighted by Gasteiger charge is -2.10. The number of hydrogen-bond donors (Lipinski definition) is 1. The molecule has 0 fully saturated rings. The van der Waals surface area contributed by atoms with Crippen molar-refractivity contribution in [2.75, 3.05) is 6.61 Å². The van der Waals surface area contributed by atoms with Crippen LogP contribution in [0.1, 0.15) is 36.8 Å². The predicted octanol–water partition coefficient (Wildman–Crippen LogP) is 4.89. The van der Waals surface area contributed by atoms with Crippen LogP contribution in [-0.4, -0.2) is 6.61 Å². The maximum atomic E-state index is 5.82. The standard InChI is InChI=1S/C16H19NOS.C2H6/c1-3-13-9-14(12(2)17)11-15(10-13)18-7-6-16-5-4-8-19-16;1-2/h4-5,8-11H,2-3,6-7,17H2,1H3;1-2H3. The molecule has 1 heterocycles. The summed E-state index contributed by atoms with van der Waals surface area (Å²) in [6.45, 7) is 10.6. The van der Waals surface area contributed by atoms with E-state index in [1.54, 1.807) is 11.3 Å². The number of rotatable bonds is 6. The van der Waals surface area contributed by atoms with Gasteiger partial charge in [0, 0.05) is 22.6 Å². The Labute approximate surface area is 132 Å². The van der Waals surface area contributed by atoms with Gasteiger partial charge in [-0.3, -0.25) is 0 Å². The summed E-state index contributed by atoms with van der Waals surface area (Å²) in [6.07, 6.45) is 1.90. The van der Waals surface area contributed by atoms with Crippen LogP contribution in [-0.2, 0) is 12.8 Å². The molecule has 21 heavy (non-hydrogen) atoms. The van der Waals surface area contributed by atoms with Gasteiger partial charge in [0.1, 0.15) is 5.75 Å². The van der Waals surface area contributed by atoms with E-state index in [-0.39, 0.29) is 0 Å². The summed E-state index contributed by atoms with van der Waals surface area (Å²) in [5.41, 5.74) is 8.51. The Morgan fingerprint density at radius 2 is 2.05 bits per heavy atom. The van der Waals surface area contributed by atoms with Crippen molar-refractivity contribution < 1.29 is 4.74 Å². The van der Waals surface area contributed by atoms with Gasteiger partial charge in [-0.1, -0.05) is 33.4 Å². The zero-order valence-corrected chi connectivity index (χ0v) is 14.0. The van der Waals surface area contributed by atoms with Crippen LogP contribution in [0.2, 0.25) is 0 Å². The molecule has 2 nitrogen and oxygen atoms in total. The minimum atomic E-state index is 0.582. The highest BCUT2D eigenvalue weighted by Crippen LogP contribution is 2.21. The Hall–Kier alpha value is -1.74. The summed E-state index contributed by atoms with van der Waals surface area (Å²) in [7, 11) is 0. The van der Waals surface area contributed by atoms with Crippen LogP contribution in [0.25, 0.3) is 5.70 Å². The number of aryl methyl sites for hydroxylation is 1. The average molecular weight is 303 g/mol. The molecule has 2 aromatic rings. The highest BCUT2D eigenvalue weighted by molar-refractivity contribution is 7.09. The predicted molar refractivity (Wildman–Crippen MR) is 93.9 cm³/mol. The first-order chi connectivity index (χ1) is 10.2. The van der Waals surface area contributed by atoms with E-state index >= 15 is 0 Å². The van der Waals surface area contributed by atoms with Crippen LogP contribution in [0.15, 0.2) is 42.3 Å². The minimum Gasteiger partial charge on any atom is -0.493 e. The molecule has 0 radical (unpaired) electrons. The third kappa shape index (κ3) is 5.64. The monoisotopic (exact) mass is 303 g/mol. The van der Waals surface area contributed by atoms with E-state index in [9.17, 15) is 0 Å². The fourth-order valence-electron chi connectivity index (χ4n) is 1.86. The van der Waals surface area contributed by atoms with E-state index in [2.05, 4.69) is 43.1 Å². The Kier molecular flexibility index (Phi) is 7.62. The van der Waals surface area contributed by atoms with E-state index in [1.807, 2.05) is 19.9 Å². The molecule has 3 heteroatoms. The van der Waals surface area contributed by atoms with Crippen molar-refractivity contribution in [3.63, 3.8) is 0 Å². The molecule has 114 valence electrons. The lowest BCUT2D eigenvalue weighted by atomic mass is 10.1. The van der Waals surface area contributed by atoms with E-state index in [0.29, 0.717) is 12.3 Å². The number of ether oxygens (including phenoxy) is 1. The van der Waals surface area contributed by atoms with Gasteiger partial charge in [-0.05, 0) is 41.6 Å². The van der Waals surface area contributed by atoms with Gasteiger partial charge in [-0.25, -0.2) is 0 Å². The molecule has 0 aliphatic carbocycles. The van der Waals surface area contributed by atoms with Crippen LogP contribution < -0.4 is 10.5 Å². The summed E-state index contributed by atoms with van der Waals surface area (Å²) in [5.74, 6) is 0.873. The highest BCUT2D eigenvalue weighted by atomic mass is 32.1. The van der Waals surface area contributed by atoms with Crippen molar-refractivity contribution in [1.29, 1.82) is 0 Å². The average Bonchev–Trinajstić information content (AvgIpc) is 3.02. The van der Waals surface area contributed by atoms with E-state index in [4.69, 9.17) is 10.5 Å². The van der Waals surface area contributed by atoms with Gasteiger partial charge in [-0.2, -0.15) is 0 Å². The van der Waals surface area contributed by atoms with Gasteiger partial charge in [0.25, 0.3) is 0 Å². The number of nitrogens with two attached hydrogens (primary N) is 1. The first-order valence-electron chi connectivity index (χ1n) is 7.43. The largest absolute Gasteiger partial charge is 0.493 e. The van der Waals surface area contributed by atoms with Gasteiger partial charge < -0.3 is 10.5 Å². The van der Waals surface area contributed by atoms with Gasteiger partial charge in [0.05, 0.1) is 6.61 Å². The van der Waals surface area contributed by atoms with E-state index < -0.39 is 0 Å². The third-order valence-electron chi connectivity index (χ3n) is 2.94. The molecule has 0 amide bonds. The molecule has 0 aliphatic heterocycles. The molecule has 1 aromatic heterocycles. The van der Waals surface area contributed by atoms with Crippen LogP contribution in [0.3, 0.4) is 0 Å². The van der Waals surface area contributed by atoms with Crippen LogP contribution in [0.4, 0.5) is 0 Å². The van der Waals surface area contributed by atoms with Crippen molar-refractivity contribution in [3.8, 4) is 5.75 Å². The summed E-state index contributed by atoms with van der Waals surface area (Å²) in [4.78, 5) is 1.34. The van der Waals surface area contributed by atoms with Crippen molar-refractivity contribution in [1.82, 2.24) is 0 Å². The maximum Gasteiger partial charge on any atom is 0.120 e. The molecule has 1 aromatic carbocycles. The van der Waals surface area contributed by atoms with Crippen molar-refractivity contribution in [2.45, 2.75) is 33.6 Å². The quantitative estimate of drug-likeness (QED) is 0.824. The molecular weight excluding hydrogens is 278 g/mol. The van der Waals surface area contributed by atoms with Gasteiger partial charge in [-0.15, -0.1) is 11.3 Å². The molecule has 0 bridgehead atoms. The molecular formula is C18H25NOS. The Morgan fingerprint density at radius 3 is 2.62 bits per heavy atom. The lowest BCUT2D eigenvalue weighted by molar-refractivity contribution is 0.322. The number of hydrogen-bond acceptors (Lipinski definition) is 3. The number of thiophene rings is 1. The van der Waals surface area contributed by atoms with Crippen molar-refractivity contribution in [3.05, 3.63) is 58.3 Å². The summed E-state index contributed by atoms with van der Waals surface area (Å²) in [6, 6.07) is 10.3. The second-order valence-corrected chi connectivity index (χ2v) is 5.45. The fraction of sp³-hybridized carbons (Fsp3) is 0.333. The Balaban J connectivity index is 0.00000106. The highest BCUT2D eigenvalue weighted by Gasteiger charge is 2.03. The molecule has 0 saturated heterocycles. The topological polar surface area (TPSA) is 35.2 Å². The maximum absolute atomic E-state index is 5.82. The smallest absolute Gasteiger partial charge is 0.120 e. The SMILES string of the molecule is C=C(N)c1cc(CC)cc(OCCc2cccs2)c1.CC. The van der Waals surface area contributed by atoms with Crippen LogP contribution >= 0.6 is 11.3 Å². The minimum absolute atomic E-state index is 0.582. The number of benzene rings is 1. The molecule has 2 N–H and O–H groups in total. The molecule has 2 rings (SSSR count). The second kappa shape index (κ2) is 9.24. The zero-order chi connectivity index (χ0) is 15.7. The van der Waals surface area contributed by atoms with Gasteiger partial charge in [0.15, 0.2) is 0 Å². The Bertz CT molecular complexity index is 546. The third-order valence-corrected chi connectivity index (χ3v) is 3.88. The first kappa shape index (κ1) is 17.3. The van der Waals surface area contributed by atoms with E-state index in [0.717, 1.165) is 24.2 Å². The fourth-order valence-corrected chi connectivity index (χ4v) is 2.55. The summed E-state index contributed by atoms with van der Waals surface area (Å²) in [5, 5.41) is 2.09. The normalized spacial score (nSPS) is 9.67. The molecule has 0 spiro atoms. The molecule has 0 saturated carbocycles. The molecule has 0 unspecified atom stereocenters. The first-order valence-corrected chi connectivity index (χ1v) is 8.31. The van der Waals surface area contributed by atoms with Gasteiger partial charge in [0.2, 0.25) is 0 Å². The summed E-state index contributed by atoms with van der Waals surface area (Å²) >= 11 is 1.76. The van der Waals surface area contributed by atoms with Gasteiger partial charge >= 0.3 is 0 Å². The lowest BCUT2D eigenvalue weighted by Crippen LogP contribution is -2.02. The second-order valence-electron chi connectivity index (χ2n) is 4.42. The van der Waals surface area contributed by atoms with Crippen molar-refractivity contribution in [2.24, 2.45) is 5.73 Å². The molecule has 0 aliphatic rings. The van der Waals surface area contributed by atoms with Crippen LogP contribution in [0.5, 0.6) is 5.75 Å². The van der Waals surface area contributed by atoms with Crippen molar-refractivity contribution >= 4 is 17.0 Å². The van der Waals surface area contributed by atoms with Crippen LogP contribution in [0, 0.1) is 0 Å². The van der Waals surface area contributed by atoms with E-state index in [1.165, 1.54) is 10.4 Å². The Morgan fingerprint density at radius 1 is 1.29 bits per heavy atom. The zero-order valence-electron chi connectivity index (χ0n) is 13.2. The summed E-state index contributed by atoms with van der Waals surface area (Å²) < 4.78 is 5.82.